The van der Waals surface area contributed by atoms with Crippen LogP contribution in [0.4, 0.5) is 0 Å². The fourth-order valence-corrected chi connectivity index (χ4v) is 1.94. The van der Waals surface area contributed by atoms with Crippen molar-refractivity contribution in [2.75, 3.05) is 6.61 Å². The molecule has 0 spiro atoms. The van der Waals surface area contributed by atoms with Gasteiger partial charge in [-0.15, -0.1) is 0 Å². The van der Waals surface area contributed by atoms with Crippen molar-refractivity contribution in [1.29, 1.82) is 0 Å². The Morgan fingerprint density at radius 3 is 2.63 bits per heavy atom. The van der Waals surface area contributed by atoms with Gasteiger partial charge in [-0.25, -0.2) is 4.98 Å². The quantitative estimate of drug-likeness (QED) is 0.867. The standard InChI is InChI=1S/C15H21N3O/c1-3-14(16)12-4-6-13(7-5-12)19-11-8-15-17-9-10-18(15)2/h4-7,9-10,14H,3,8,11,16H2,1-2H3/t14-/m1/s1. The molecular formula is C15H21N3O. The molecule has 19 heavy (non-hydrogen) atoms. The van der Waals surface area contributed by atoms with E-state index in [2.05, 4.69) is 11.9 Å². The highest BCUT2D eigenvalue weighted by Gasteiger charge is 2.03. The first kappa shape index (κ1) is 13.6. The molecule has 0 amide bonds. The molecule has 1 aromatic carbocycles. The Labute approximate surface area is 114 Å². The van der Waals surface area contributed by atoms with E-state index in [4.69, 9.17) is 10.5 Å². The van der Waals surface area contributed by atoms with E-state index in [1.165, 1.54) is 0 Å². The third-order valence-electron chi connectivity index (χ3n) is 3.26. The first-order chi connectivity index (χ1) is 9.20. The number of nitrogens with zero attached hydrogens (tertiary/aromatic N) is 2. The van der Waals surface area contributed by atoms with Gasteiger partial charge in [-0.05, 0) is 24.1 Å². The number of benzene rings is 1. The summed E-state index contributed by atoms with van der Waals surface area (Å²) < 4.78 is 7.72. The van der Waals surface area contributed by atoms with Crippen LogP contribution in [0.3, 0.4) is 0 Å². The van der Waals surface area contributed by atoms with Gasteiger partial charge < -0.3 is 15.0 Å². The van der Waals surface area contributed by atoms with Gasteiger partial charge in [0.2, 0.25) is 0 Å². The van der Waals surface area contributed by atoms with E-state index in [9.17, 15) is 0 Å². The number of ether oxygens (including phenoxy) is 1. The molecular weight excluding hydrogens is 238 g/mol. The normalized spacial score (nSPS) is 12.4. The number of aryl methyl sites for hydroxylation is 1. The molecule has 2 rings (SSSR count). The topological polar surface area (TPSA) is 53.1 Å². The first-order valence-electron chi connectivity index (χ1n) is 6.65. The van der Waals surface area contributed by atoms with E-state index in [1.807, 2.05) is 42.1 Å². The zero-order chi connectivity index (χ0) is 13.7. The SMILES string of the molecule is CC[C@@H](N)c1ccc(OCCc2nccn2C)cc1. The summed E-state index contributed by atoms with van der Waals surface area (Å²) in [6, 6.07) is 8.13. The second kappa shape index (κ2) is 6.38. The highest BCUT2D eigenvalue weighted by Crippen LogP contribution is 2.18. The minimum atomic E-state index is 0.113. The highest BCUT2D eigenvalue weighted by molar-refractivity contribution is 5.29. The molecule has 0 radical (unpaired) electrons. The predicted molar refractivity (Wildman–Crippen MR) is 76.1 cm³/mol. The Hall–Kier alpha value is -1.81. The number of hydrogen-bond donors (Lipinski definition) is 1. The van der Waals surface area contributed by atoms with E-state index in [-0.39, 0.29) is 6.04 Å². The maximum absolute atomic E-state index is 5.97. The predicted octanol–water partition coefficient (Wildman–Crippen LogP) is 2.45. The van der Waals surface area contributed by atoms with Crippen molar-refractivity contribution in [2.24, 2.45) is 12.8 Å². The molecule has 0 unspecified atom stereocenters. The second-order valence-electron chi connectivity index (χ2n) is 4.64. The molecule has 0 fully saturated rings. The fourth-order valence-electron chi connectivity index (χ4n) is 1.94. The lowest BCUT2D eigenvalue weighted by Crippen LogP contribution is -2.09. The average molecular weight is 259 g/mol. The molecule has 0 saturated carbocycles. The highest BCUT2D eigenvalue weighted by atomic mass is 16.5. The Balaban J connectivity index is 1.85. The molecule has 2 aromatic rings. The van der Waals surface area contributed by atoms with Gasteiger partial charge in [-0.3, -0.25) is 0 Å². The lowest BCUT2D eigenvalue weighted by atomic mass is 10.1. The van der Waals surface area contributed by atoms with E-state index in [0.717, 1.165) is 30.0 Å². The van der Waals surface area contributed by atoms with Gasteiger partial charge in [0.1, 0.15) is 11.6 Å². The zero-order valence-electron chi connectivity index (χ0n) is 11.5. The summed E-state index contributed by atoms with van der Waals surface area (Å²) in [6.45, 7) is 2.71. The van der Waals surface area contributed by atoms with Gasteiger partial charge in [-0.1, -0.05) is 19.1 Å². The summed E-state index contributed by atoms with van der Waals surface area (Å²) in [5.41, 5.74) is 7.13. The van der Waals surface area contributed by atoms with Gasteiger partial charge in [0.25, 0.3) is 0 Å². The van der Waals surface area contributed by atoms with E-state index >= 15 is 0 Å². The minimum Gasteiger partial charge on any atom is -0.493 e. The van der Waals surface area contributed by atoms with Crippen LogP contribution in [0.15, 0.2) is 36.7 Å². The molecule has 1 aromatic heterocycles. The van der Waals surface area contributed by atoms with Gasteiger partial charge in [-0.2, -0.15) is 0 Å². The summed E-state index contributed by atoms with van der Waals surface area (Å²) >= 11 is 0. The summed E-state index contributed by atoms with van der Waals surface area (Å²) in [5, 5.41) is 0. The van der Waals surface area contributed by atoms with Crippen molar-refractivity contribution in [2.45, 2.75) is 25.8 Å². The lowest BCUT2D eigenvalue weighted by molar-refractivity contribution is 0.317. The number of aromatic nitrogens is 2. The number of rotatable bonds is 6. The maximum Gasteiger partial charge on any atom is 0.119 e. The Morgan fingerprint density at radius 2 is 2.05 bits per heavy atom. The van der Waals surface area contributed by atoms with Crippen LogP contribution in [-0.4, -0.2) is 16.2 Å². The monoisotopic (exact) mass is 259 g/mol. The first-order valence-corrected chi connectivity index (χ1v) is 6.65. The van der Waals surface area contributed by atoms with Crippen molar-refractivity contribution < 1.29 is 4.74 Å². The molecule has 0 aliphatic carbocycles. The number of imidazole rings is 1. The van der Waals surface area contributed by atoms with Crippen LogP contribution >= 0.6 is 0 Å². The van der Waals surface area contributed by atoms with Crippen molar-refractivity contribution in [3.05, 3.63) is 48.0 Å². The van der Waals surface area contributed by atoms with E-state index < -0.39 is 0 Å². The molecule has 4 heteroatoms. The largest absolute Gasteiger partial charge is 0.493 e. The molecule has 1 heterocycles. The minimum absolute atomic E-state index is 0.113. The van der Waals surface area contributed by atoms with E-state index in [1.54, 1.807) is 6.20 Å². The van der Waals surface area contributed by atoms with Crippen LogP contribution in [0.5, 0.6) is 5.75 Å². The zero-order valence-corrected chi connectivity index (χ0v) is 11.5. The molecule has 102 valence electrons. The van der Waals surface area contributed by atoms with Crippen molar-refractivity contribution in [1.82, 2.24) is 9.55 Å². The van der Waals surface area contributed by atoms with Crippen LogP contribution in [0, 0.1) is 0 Å². The average Bonchev–Trinajstić information content (AvgIpc) is 2.84. The number of nitrogens with two attached hydrogens (primary N) is 1. The summed E-state index contributed by atoms with van der Waals surface area (Å²) in [5.74, 6) is 1.91. The van der Waals surface area contributed by atoms with E-state index in [0.29, 0.717) is 6.61 Å². The van der Waals surface area contributed by atoms with Crippen LogP contribution in [0.25, 0.3) is 0 Å². The third-order valence-corrected chi connectivity index (χ3v) is 3.26. The van der Waals surface area contributed by atoms with Crippen LogP contribution in [0.1, 0.15) is 30.8 Å². The van der Waals surface area contributed by atoms with Crippen molar-refractivity contribution in [3.63, 3.8) is 0 Å². The smallest absolute Gasteiger partial charge is 0.119 e. The lowest BCUT2D eigenvalue weighted by Gasteiger charge is -2.10. The number of hydrogen-bond acceptors (Lipinski definition) is 3. The van der Waals surface area contributed by atoms with Crippen LogP contribution < -0.4 is 10.5 Å². The van der Waals surface area contributed by atoms with Gasteiger partial charge in [0, 0.05) is 31.9 Å². The third kappa shape index (κ3) is 3.58. The fraction of sp³-hybridized carbons (Fsp3) is 0.400. The van der Waals surface area contributed by atoms with Crippen molar-refractivity contribution in [3.8, 4) is 5.75 Å². The molecule has 0 saturated heterocycles. The second-order valence-corrected chi connectivity index (χ2v) is 4.64. The van der Waals surface area contributed by atoms with Crippen LogP contribution in [0.2, 0.25) is 0 Å². The molecule has 0 bridgehead atoms. The van der Waals surface area contributed by atoms with Crippen molar-refractivity contribution >= 4 is 0 Å². The summed E-state index contributed by atoms with van der Waals surface area (Å²) in [7, 11) is 1.99. The molecule has 1 atom stereocenters. The summed E-state index contributed by atoms with van der Waals surface area (Å²) in [6.07, 6.45) is 5.49. The molecule has 4 nitrogen and oxygen atoms in total. The van der Waals surface area contributed by atoms with Gasteiger partial charge in [0.05, 0.1) is 6.61 Å². The Bertz CT molecular complexity index is 504. The molecule has 0 aliphatic rings. The van der Waals surface area contributed by atoms with Gasteiger partial charge in [0.15, 0.2) is 0 Å². The molecule has 0 aliphatic heterocycles. The Morgan fingerprint density at radius 1 is 1.32 bits per heavy atom. The summed E-state index contributed by atoms with van der Waals surface area (Å²) in [4.78, 5) is 4.26. The van der Waals surface area contributed by atoms with Gasteiger partial charge >= 0.3 is 0 Å². The van der Waals surface area contributed by atoms with Crippen LogP contribution in [-0.2, 0) is 13.5 Å². The molecule has 2 N–H and O–H groups in total. The Kier molecular flexibility index (Phi) is 4.58. The maximum atomic E-state index is 5.97.